The maximum absolute atomic E-state index is 12.3. The molecule has 1 nitrogen and oxygen atoms in total. The fraction of sp³-hybridized carbons (Fsp3) is 0.364. The minimum Gasteiger partial charge on any atom is -0.255 e. The van der Waals surface area contributed by atoms with Crippen molar-refractivity contribution in [3.8, 4) is 11.8 Å². The predicted molar refractivity (Wildman–Crippen MR) is 59.8 cm³/mol. The zero-order valence-electron chi connectivity index (χ0n) is 8.80. The molecule has 0 atom stereocenters. The molecule has 0 aliphatic carbocycles. The first-order valence-corrected chi connectivity index (χ1v) is 7.95. The number of nitrogens with zero attached hydrogens (tertiary/aromatic N) is 1. The van der Waals surface area contributed by atoms with E-state index in [1.165, 1.54) is 12.3 Å². The molecule has 0 saturated heterocycles. The van der Waals surface area contributed by atoms with Gasteiger partial charge in [0.2, 0.25) is 0 Å². The number of hydrogen-bond acceptors (Lipinski definition) is 1. The molecule has 0 N–H and O–H groups in total. The van der Waals surface area contributed by atoms with Gasteiger partial charge in [-0.15, -0.1) is 5.92 Å². The highest BCUT2D eigenvalue weighted by atomic mass is 28.3. The van der Waals surface area contributed by atoms with Gasteiger partial charge in [0.15, 0.2) is 0 Å². The molecule has 80 valence electrons. The van der Waals surface area contributed by atoms with Crippen LogP contribution in [-0.2, 0) is 0 Å². The van der Waals surface area contributed by atoms with Gasteiger partial charge in [-0.1, -0.05) is 19.0 Å². The second kappa shape index (κ2) is 5.62. The fourth-order valence-electron chi connectivity index (χ4n) is 1.00. The van der Waals surface area contributed by atoms with Crippen molar-refractivity contribution in [2.45, 2.75) is 25.6 Å². The summed E-state index contributed by atoms with van der Waals surface area (Å²) in [6, 6.07) is 3.91. The van der Waals surface area contributed by atoms with Gasteiger partial charge in [-0.3, -0.25) is 4.98 Å². The molecule has 0 bridgehead atoms. The van der Waals surface area contributed by atoms with E-state index in [1.807, 2.05) is 0 Å². The largest absolute Gasteiger partial charge is 0.280 e. The minimum atomic E-state index is -2.52. The lowest BCUT2D eigenvalue weighted by molar-refractivity contribution is 0.146. The van der Waals surface area contributed by atoms with E-state index in [4.69, 9.17) is 0 Å². The smallest absolute Gasteiger partial charge is 0.255 e. The highest BCUT2D eigenvalue weighted by Gasteiger charge is 2.07. The normalized spacial score (nSPS) is 10.3. The SMILES string of the molecule is C[SiH](C)CC#Cc1ccnc(C(F)F)c1. The van der Waals surface area contributed by atoms with Crippen molar-refractivity contribution in [3.63, 3.8) is 0 Å². The maximum atomic E-state index is 12.3. The van der Waals surface area contributed by atoms with Gasteiger partial charge in [0.25, 0.3) is 6.43 Å². The van der Waals surface area contributed by atoms with Crippen molar-refractivity contribution in [1.29, 1.82) is 0 Å². The Hall–Kier alpha value is -1.21. The Balaban J connectivity index is 2.76. The molecule has 0 unspecified atom stereocenters. The molecule has 0 saturated carbocycles. The molecular formula is C11H13F2NSi. The second-order valence-corrected chi connectivity index (χ2v) is 6.87. The van der Waals surface area contributed by atoms with Crippen LogP contribution >= 0.6 is 0 Å². The molecule has 0 aromatic carbocycles. The summed E-state index contributed by atoms with van der Waals surface area (Å²) < 4.78 is 24.6. The maximum Gasteiger partial charge on any atom is 0.280 e. The van der Waals surface area contributed by atoms with Crippen molar-refractivity contribution in [2.75, 3.05) is 0 Å². The van der Waals surface area contributed by atoms with E-state index in [9.17, 15) is 8.78 Å². The number of pyridine rings is 1. The van der Waals surface area contributed by atoms with Gasteiger partial charge in [0.1, 0.15) is 5.69 Å². The first-order chi connectivity index (χ1) is 7.09. The summed E-state index contributed by atoms with van der Waals surface area (Å²) in [6.07, 6.45) is -1.15. The van der Waals surface area contributed by atoms with Crippen molar-refractivity contribution >= 4 is 8.80 Å². The van der Waals surface area contributed by atoms with Gasteiger partial charge in [-0.25, -0.2) is 8.78 Å². The first kappa shape index (κ1) is 11.9. The average Bonchev–Trinajstić information content (AvgIpc) is 2.17. The molecule has 15 heavy (non-hydrogen) atoms. The summed E-state index contributed by atoms with van der Waals surface area (Å²) in [7, 11) is -0.681. The molecule has 1 rings (SSSR count). The number of halogens is 2. The van der Waals surface area contributed by atoms with Crippen LogP contribution in [-0.4, -0.2) is 13.8 Å². The Kier molecular flexibility index (Phi) is 4.44. The van der Waals surface area contributed by atoms with E-state index in [1.54, 1.807) is 6.07 Å². The summed E-state index contributed by atoms with van der Waals surface area (Å²) in [4.78, 5) is 3.57. The molecule has 0 radical (unpaired) electrons. The van der Waals surface area contributed by atoms with Gasteiger partial charge >= 0.3 is 0 Å². The summed E-state index contributed by atoms with van der Waals surface area (Å²) >= 11 is 0. The number of rotatable bonds is 2. The monoisotopic (exact) mass is 225 g/mol. The lowest BCUT2D eigenvalue weighted by Crippen LogP contribution is -1.95. The second-order valence-electron chi connectivity index (χ2n) is 3.67. The van der Waals surface area contributed by atoms with Crippen molar-refractivity contribution < 1.29 is 8.78 Å². The van der Waals surface area contributed by atoms with E-state index in [-0.39, 0.29) is 5.69 Å². The molecule has 1 aromatic rings. The summed E-state index contributed by atoms with van der Waals surface area (Å²) in [5.41, 5.74) is 0.415. The lowest BCUT2D eigenvalue weighted by Gasteiger charge is -1.97. The van der Waals surface area contributed by atoms with E-state index in [0.717, 1.165) is 6.04 Å². The molecule has 0 fully saturated rings. The van der Waals surface area contributed by atoms with Gasteiger partial charge in [-0.2, -0.15) is 0 Å². The van der Waals surface area contributed by atoms with Crippen LogP contribution in [0.3, 0.4) is 0 Å². The number of alkyl halides is 2. The van der Waals surface area contributed by atoms with Crippen LogP contribution in [0.15, 0.2) is 18.3 Å². The third kappa shape index (κ3) is 4.22. The Morgan fingerprint density at radius 2 is 2.20 bits per heavy atom. The lowest BCUT2D eigenvalue weighted by atomic mass is 10.2. The minimum absolute atomic E-state index is 0.205. The Morgan fingerprint density at radius 1 is 1.47 bits per heavy atom. The van der Waals surface area contributed by atoms with Crippen molar-refractivity contribution in [3.05, 3.63) is 29.6 Å². The van der Waals surface area contributed by atoms with E-state index in [2.05, 4.69) is 29.9 Å². The number of aromatic nitrogens is 1. The summed E-state index contributed by atoms with van der Waals surface area (Å²) in [5, 5.41) is 0. The van der Waals surface area contributed by atoms with Crippen LogP contribution in [0.2, 0.25) is 19.1 Å². The average molecular weight is 225 g/mol. The third-order valence-corrected chi connectivity index (χ3v) is 2.77. The molecule has 0 aliphatic heterocycles. The topological polar surface area (TPSA) is 12.9 Å². The van der Waals surface area contributed by atoms with Crippen LogP contribution in [0.5, 0.6) is 0 Å². The fourth-order valence-corrected chi connectivity index (χ4v) is 1.51. The molecule has 1 aromatic heterocycles. The Labute approximate surface area is 90.1 Å². The number of hydrogen-bond donors (Lipinski definition) is 0. The van der Waals surface area contributed by atoms with Crippen LogP contribution in [0.25, 0.3) is 0 Å². The quantitative estimate of drug-likeness (QED) is 0.557. The third-order valence-electron chi connectivity index (χ3n) is 1.75. The molecular weight excluding hydrogens is 212 g/mol. The summed E-state index contributed by atoms with van der Waals surface area (Å²) in [5.74, 6) is 5.89. The zero-order chi connectivity index (χ0) is 11.3. The van der Waals surface area contributed by atoms with Gasteiger partial charge in [0.05, 0.1) is 0 Å². The molecule has 4 heteroatoms. The highest BCUT2D eigenvalue weighted by Crippen LogP contribution is 2.16. The van der Waals surface area contributed by atoms with Gasteiger partial charge in [-0.05, 0) is 12.1 Å². The van der Waals surface area contributed by atoms with Crippen molar-refractivity contribution in [2.24, 2.45) is 0 Å². The van der Waals surface area contributed by atoms with Gasteiger partial charge in [0, 0.05) is 26.6 Å². The molecule has 0 spiro atoms. The van der Waals surface area contributed by atoms with Gasteiger partial charge < -0.3 is 0 Å². The van der Waals surface area contributed by atoms with Crippen molar-refractivity contribution in [1.82, 2.24) is 4.98 Å². The molecule has 0 aliphatic rings. The zero-order valence-corrected chi connectivity index (χ0v) is 9.95. The molecule has 1 heterocycles. The standard InChI is InChI=1S/C11H13F2NSi/c1-15(2)7-3-4-9-5-6-14-10(8-9)11(12)13/h5-6,8,11,15H,7H2,1-2H3. The van der Waals surface area contributed by atoms with E-state index in [0.29, 0.717) is 5.56 Å². The first-order valence-electron chi connectivity index (χ1n) is 4.82. The van der Waals surface area contributed by atoms with E-state index < -0.39 is 15.2 Å². The molecule has 0 amide bonds. The predicted octanol–water partition coefficient (Wildman–Crippen LogP) is 2.86. The Bertz CT molecular complexity index is 380. The summed E-state index contributed by atoms with van der Waals surface area (Å²) in [6.45, 7) is 4.40. The Morgan fingerprint density at radius 3 is 2.80 bits per heavy atom. The highest BCUT2D eigenvalue weighted by molar-refractivity contribution is 6.56. The van der Waals surface area contributed by atoms with Crippen LogP contribution < -0.4 is 0 Å². The van der Waals surface area contributed by atoms with Crippen LogP contribution in [0.4, 0.5) is 8.78 Å². The van der Waals surface area contributed by atoms with Crippen LogP contribution in [0, 0.1) is 11.8 Å². The van der Waals surface area contributed by atoms with E-state index >= 15 is 0 Å². The van der Waals surface area contributed by atoms with Crippen LogP contribution in [0.1, 0.15) is 17.7 Å².